The number of carbonyl (C=O) groups is 1. The Balaban J connectivity index is 1.51. The van der Waals surface area contributed by atoms with E-state index < -0.39 is 0 Å². The number of methoxy groups -OCH3 is 1. The Morgan fingerprint density at radius 2 is 1.74 bits per heavy atom. The van der Waals surface area contributed by atoms with Crippen molar-refractivity contribution < 1.29 is 9.53 Å². The summed E-state index contributed by atoms with van der Waals surface area (Å²) in [4.78, 5) is 12.2. The molecule has 0 bridgehead atoms. The summed E-state index contributed by atoms with van der Waals surface area (Å²) in [5.41, 5.74) is 2.87. The van der Waals surface area contributed by atoms with E-state index in [2.05, 4.69) is 26.9 Å². The predicted octanol–water partition coefficient (Wildman–Crippen LogP) is 3.70. The number of benzene rings is 2. The highest BCUT2D eigenvalue weighted by molar-refractivity contribution is 6.03. The summed E-state index contributed by atoms with van der Waals surface area (Å²) >= 11 is 0. The van der Waals surface area contributed by atoms with Crippen LogP contribution in [0, 0.1) is 6.92 Å². The molecule has 6 nitrogen and oxygen atoms in total. The van der Waals surface area contributed by atoms with Gasteiger partial charge in [0.15, 0.2) is 5.82 Å². The number of hydrogen-bond donors (Lipinski definition) is 2. The van der Waals surface area contributed by atoms with Crippen molar-refractivity contribution in [2.24, 2.45) is 0 Å². The van der Waals surface area contributed by atoms with E-state index in [9.17, 15) is 4.79 Å². The van der Waals surface area contributed by atoms with Crippen molar-refractivity contribution in [2.45, 2.75) is 13.3 Å². The second-order valence-electron chi connectivity index (χ2n) is 6.15. The zero-order chi connectivity index (χ0) is 19.1. The standard InChI is InChI=1S/C21H22N4O2/c1-15-6-8-17(9-7-15)21(26)23-20-11-10-19(24-25-20)22-13-12-16-4-3-5-18(14-16)27-2/h3-11,14H,12-13H2,1-2H3,(H,22,24)(H,23,25,26). The topological polar surface area (TPSA) is 76.1 Å². The summed E-state index contributed by atoms with van der Waals surface area (Å²) in [7, 11) is 1.66. The molecule has 0 spiro atoms. The Bertz CT molecular complexity index is 893. The summed E-state index contributed by atoms with van der Waals surface area (Å²) in [6.07, 6.45) is 0.838. The molecule has 0 aliphatic carbocycles. The van der Waals surface area contributed by atoms with Crippen LogP contribution in [0.3, 0.4) is 0 Å². The van der Waals surface area contributed by atoms with Gasteiger partial charge in [-0.2, -0.15) is 0 Å². The van der Waals surface area contributed by atoms with Gasteiger partial charge in [0, 0.05) is 12.1 Å². The third-order valence-electron chi connectivity index (χ3n) is 4.07. The lowest BCUT2D eigenvalue weighted by Crippen LogP contribution is -2.14. The second-order valence-corrected chi connectivity index (χ2v) is 6.15. The Morgan fingerprint density at radius 1 is 1.00 bits per heavy atom. The zero-order valence-corrected chi connectivity index (χ0v) is 15.4. The van der Waals surface area contributed by atoms with Crippen LogP contribution in [-0.4, -0.2) is 29.8 Å². The fraction of sp³-hybridized carbons (Fsp3) is 0.190. The molecule has 0 aliphatic heterocycles. The number of ether oxygens (including phenoxy) is 1. The van der Waals surface area contributed by atoms with Crippen LogP contribution >= 0.6 is 0 Å². The quantitative estimate of drug-likeness (QED) is 0.670. The molecule has 1 amide bonds. The van der Waals surface area contributed by atoms with Gasteiger partial charge in [-0.15, -0.1) is 10.2 Å². The maximum absolute atomic E-state index is 12.2. The number of carbonyl (C=O) groups excluding carboxylic acids is 1. The lowest BCUT2D eigenvalue weighted by molar-refractivity contribution is 0.102. The van der Waals surface area contributed by atoms with Crippen molar-refractivity contribution >= 4 is 17.5 Å². The molecule has 27 heavy (non-hydrogen) atoms. The number of aryl methyl sites for hydroxylation is 1. The number of rotatable bonds is 7. The summed E-state index contributed by atoms with van der Waals surface area (Å²) in [5, 5.41) is 14.1. The molecular weight excluding hydrogens is 340 g/mol. The average Bonchev–Trinajstić information content (AvgIpc) is 2.70. The van der Waals surface area contributed by atoms with Crippen molar-refractivity contribution in [2.75, 3.05) is 24.3 Å². The Morgan fingerprint density at radius 3 is 2.44 bits per heavy atom. The molecule has 6 heteroatoms. The minimum absolute atomic E-state index is 0.206. The molecule has 1 aromatic heterocycles. The van der Waals surface area contributed by atoms with Gasteiger partial charge in [-0.3, -0.25) is 4.79 Å². The van der Waals surface area contributed by atoms with Gasteiger partial charge in [-0.1, -0.05) is 29.8 Å². The van der Waals surface area contributed by atoms with Gasteiger partial charge in [0.2, 0.25) is 0 Å². The zero-order valence-electron chi connectivity index (χ0n) is 15.4. The largest absolute Gasteiger partial charge is 0.497 e. The van der Waals surface area contributed by atoms with E-state index in [4.69, 9.17) is 4.74 Å². The van der Waals surface area contributed by atoms with Crippen LogP contribution in [-0.2, 0) is 6.42 Å². The first-order chi connectivity index (χ1) is 13.1. The lowest BCUT2D eigenvalue weighted by atomic mass is 10.1. The van der Waals surface area contributed by atoms with Crippen molar-refractivity contribution in [1.82, 2.24) is 10.2 Å². The highest BCUT2D eigenvalue weighted by atomic mass is 16.5. The van der Waals surface area contributed by atoms with Crippen molar-refractivity contribution in [3.63, 3.8) is 0 Å². The van der Waals surface area contributed by atoms with Gasteiger partial charge < -0.3 is 15.4 Å². The van der Waals surface area contributed by atoms with Crippen LogP contribution in [0.15, 0.2) is 60.7 Å². The van der Waals surface area contributed by atoms with Crippen LogP contribution in [0.4, 0.5) is 11.6 Å². The Labute approximate surface area is 158 Å². The number of nitrogens with zero attached hydrogens (tertiary/aromatic N) is 2. The van der Waals surface area contributed by atoms with E-state index in [-0.39, 0.29) is 5.91 Å². The van der Waals surface area contributed by atoms with Crippen molar-refractivity contribution in [3.8, 4) is 5.75 Å². The van der Waals surface area contributed by atoms with E-state index in [0.717, 1.165) is 24.3 Å². The third kappa shape index (κ3) is 5.28. The number of amides is 1. The molecule has 0 saturated carbocycles. The molecule has 0 atom stereocenters. The van der Waals surface area contributed by atoms with E-state index in [1.165, 1.54) is 5.56 Å². The van der Waals surface area contributed by atoms with Gasteiger partial charge in [0.05, 0.1) is 7.11 Å². The van der Waals surface area contributed by atoms with E-state index in [0.29, 0.717) is 17.2 Å². The third-order valence-corrected chi connectivity index (χ3v) is 4.07. The van der Waals surface area contributed by atoms with E-state index in [1.54, 1.807) is 31.4 Å². The summed E-state index contributed by atoms with van der Waals surface area (Å²) in [5.74, 6) is 1.72. The molecule has 0 saturated heterocycles. The second kappa shape index (κ2) is 8.80. The van der Waals surface area contributed by atoms with E-state index >= 15 is 0 Å². The van der Waals surface area contributed by atoms with Crippen LogP contribution in [0.25, 0.3) is 0 Å². The van der Waals surface area contributed by atoms with Gasteiger partial charge >= 0.3 is 0 Å². The molecule has 0 aliphatic rings. The first-order valence-electron chi connectivity index (χ1n) is 8.72. The Kier molecular flexibility index (Phi) is 5.99. The molecule has 2 aromatic carbocycles. The van der Waals surface area contributed by atoms with Gasteiger partial charge in [0.1, 0.15) is 11.6 Å². The van der Waals surface area contributed by atoms with Crippen molar-refractivity contribution in [1.29, 1.82) is 0 Å². The average molecular weight is 362 g/mol. The predicted molar refractivity (Wildman–Crippen MR) is 106 cm³/mol. The minimum Gasteiger partial charge on any atom is -0.497 e. The monoisotopic (exact) mass is 362 g/mol. The van der Waals surface area contributed by atoms with Crippen LogP contribution in [0.2, 0.25) is 0 Å². The summed E-state index contributed by atoms with van der Waals surface area (Å²) < 4.78 is 5.22. The number of aromatic nitrogens is 2. The Hall–Kier alpha value is -3.41. The molecule has 138 valence electrons. The van der Waals surface area contributed by atoms with E-state index in [1.807, 2.05) is 37.3 Å². The minimum atomic E-state index is -0.206. The molecule has 0 fully saturated rings. The number of hydrogen-bond acceptors (Lipinski definition) is 5. The van der Waals surface area contributed by atoms with Crippen LogP contribution in [0.1, 0.15) is 21.5 Å². The summed E-state index contributed by atoms with van der Waals surface area (Å²) in [6.45, 7) is 2.70. The van der Waals surface area contributed by atoms with Crippen LogP contribution in [0.5, 0.6) is 5.75 Å². The van der Waals surface area contributed by atoms with Crippen molar-refractivity contribution in [3.05, 3.63) is 77.4 Å². The first-order valence-corrected chi connectivity index (χ1v) is 8.72. The fourth-order valence-electron chi connectivity index (χ4n) is 2.55. The smallest absolute Gasteiger partial charge is 0.256 e. The lowest BCUT2D eigenvalue weighted by Gasteiger charge is -2.08. The summed E-state index contributed by atoms with van der Waals surface area (Å²) in [6, 6.07) is 18.9. The van der Waals surface area contributed by atoms with Gasteiger partial charge in [-0.05, 0) is 55.3 Å². The molecule has 1 heterocycles. The molecule has 2 N–H and O–H groups in total. The highest BCUT2D eigenvalue weighted by Gasteiger charge is 2.07. The number of nitrogens with one attached hydrogen (secondary N) is 2. The SMILES string of the molecule is COc1cccc(CCNc2ccc(NC(=O)c3ccc(C)cc3)nn2)c1. The maximum atomic E-state index is 12.2. The van der Waals surface area contributed by atoms with Gasteiger partial charge in [0.25, 0.3) is 5.91 Å². The first kappa shape index (κ1) is 18.4. The fourth-order valence-corrected chi connectivity index (χ4v) is 2.55. The van der Waals surface area contributed by atoms with Gasteiger partial charge in [-0.25, -0.2) is 0 Å². The maximum Gasteiger partial charge on any atom is 0.256 e. The molecule has 0 unspecified atom stereocenters. The molecular formula is C21H22N4O2. The van der Waals surface area contributed by atoms with Crippen LogP contribution < -0.4 is 15.4 Å². The molecule has 3 aromatic rings. The normalized spacial score (nSPS) is 10.3. The highest BCUT2D eigenvalue weighted by Crippen LogP contribution is 2.13. The molecule has 3 rings (SSSR count). The number of anilines is 2. The molecule has 0 radical (unpaired) electrons.